The van der Waals surface area contributed by atoms with Crippen molar-refractivity contribution in [3.63, 3.8) is 0 Å². The average Bonchev–Trinajstić information content (AvgIpc) is 2.80. The molecule has 6 aliphatic rings. The van der Waals surface area contributed by atoms with Crippen LogP contribution in [0.4, 0.5) is 0 Å². The van der Waals surface area contributed by atoms with E-state index >= 15 is 0 Å². The average molecular weight is 421 g/mol. The molecule has 6 fully saturated rings. The summed E-state index contributed by atoms with van der Waals surface area (Å²) < 4.78 is 24.1. The van der Waals surface area contributed by atoms with Crippen LogP contribution in [-0.2, 0) is 18.9 Å². The Hall–Kier alpha value is -0.160. The van der Waals surface area contributed by atoms with Crippen LogP contribution in [0, 0.1) is 28.6 Å². The zero-order valence-electron chi connectivity index (χ0n) is 19.4. The lowest BCUT2D eigenvalue weighted by Gasteiger charge is -2.56. The molecule has 3 saturated carbocycles. The Balaban J connectivity index is 1.02. The van der Waals surface area contributed by atoms with Crippen LogP contribution in [0.2, 0.25) is 0 Å². The summed E-state index contributed by atoms with van der Waals surface area (Å²) >= 11 is 0. The number of hydrogen-bond acceptors (Lipinski definition) is 4. The van der Waals surface area contributed by atoms with E-state index in [2.05, 4.69) is 6.92 Å². The van der Waals surface area contributed by atoms with Crippen LogP contribution in [0.1, 0.15) is 90.9 Å². The molecule has 3 unspecified atom stereocenters. The van der Waals surface area contributed by atoms with Crippen LogP contribution in [0.5, 0.6) is 0 Å². The Kier molecular flexibility index (Phi) is 6.50. The second-order valence-corrected chi connectivity index (χ2v) is 11.8. The smallest absolute Gasteiger partial charge is 0.154 e. The molecule has 0 aromatic rings. The Labute approximate surface area is 183 Å². The number of ether oxygens (including phenoxy) is 4. The molecule has 2 bridgehead atoms. The van der Waals surface area contributed by atoms with Crippen molar-refractivity contribution in [2.24, 2.45) is 28.6 Å². The van der Waals surface area contributed by atoms with Crippen LogP contribution < -0.4 is 0 Å². The van der Waals surface area contributed by atoms with Crippen molar-refractivity contribution in [1.82, 2.24) is 0 Å². The molecule has 3 aliphatic carbocycles. The monoisotopic (exact) mass is 420 g/mol. The van der Waals surface area contributed by atoms with Gasteiger partial charge in [0.25, 0.3) is 0 Å². The lowest BCUT2D eigenvalue weighted by atomic mass is 9.50. The molecular weight excluding hydrogens is 376 g/mol. The molecule has 0 aromatic carbocycles. The predicted octanol–water partition coefficient (Wildman–Crippen LogP) is 5.73. The van der Waals surface area contributed by atoms with E-state index in [1.54, 1.807) is 0 Å². The minimum absolute atomic E-state index is 0.0221. The third-order valence-electron chi connectivity index (χ3n) is 9.79. The number of rotatable bonds is 5. The fourth-order valence-corrected chi connectivity index (χ4v) is 7.19. The molecule has 3 heterocycles. The first-order valence-electron chi connectivity index (χ1n) is 13.0. The van der Waals surface area contributed by atoms with Crippen LogP contribution in [0.25, 0.3) is 0 Å². The lowest BCUT2D eigenvalue weighted by molar-refractivity contribution is -0.192. The molecule has 0 spiro atoms. The molecule has 30 heavy (non-hydrogen) atoms. The van der Waals surface area contributed by atoms with E-state index in [0.29, 0.717) is 34.9 Å². The second-order valence-electron chi connectivity index (χ2n) is 11.8. The summed E-state index contributed by atoms with van der Waals surface area (Å²) in [5.74, 6) is 2.07. The van der Waals surface area contributed by atoms with Gasteiger partial charge in [-0.2, -0.15) is 0 Å². The summed E-state index contributed by atoms with van der Waals surface area (Å²) in [5, 5.41) is 0. The van der Waals surface area contributed by atoms with Gasteiger partial charge in [-0.15, -0.1) is 0 Å². The van der Waals surface area contributed by atoms with E-state index in [4.69, 9.17) is 18.9 Å². The van der Waals surface area contributed by atoms with Crippen LogP contribution >= 0.6 is 0 Å². The van der Waals surface area contributed by atoms with E-state index in [1.807, 2.05) is 6.92 Å². The van der Waals surface area contributed by atoms with Crippen molar-refractivity contribution in [3.05, 3.63) is 0 Å². The first kappa shape index (κ1) is 21.7. The van der Waals surface area contributed by atoms with Crippen molar-refractivity contribution >= 4 is 0 Å². The van der Waals surface area contributed by atoms with Gasteiger partial charge in [-0.25, -0.2) is 0 Å². The maximum absolute atomic E-state index is 6.49. The summed E-state index contributed by atoms with van der Waals surface area (Å²) in [6.45, 7) is 8.13. The minimum atomic E-state index is -0.0221. The van der Waals surface area contributed by atoms with Crippen molar-refractivity contribution < 1.29 is 18.9 Å². The van der Waals surface area contributed by atoms with E-state index in [1.165, 1.54) is 77.0 Å². The molecule has 0 radical (unpaired) electrons. The SMILES string of the molecule is CC1OCC(CCC2CCC([C@@H]3CCC(C45CCC(C)(CC4)CC5)CO3)OC2)CO1. The van der Waals surface area contributed by atoms with E-state index in [9.17, 15) is 0 Å². The topological polar surface area (TPSA) is 36.9 Å². The number of fused-ring (bicyclic) bond motifs is 3. The van der Waals surface area contributed by atoms with Crippen LogP contribution in [-0.4, -0.2) is 44.9 Å². The van der Waals surface area contributed by atoms with Gasteiger partial charge < -0.3 is 18.9 Å². The third kappa shape index (κ3) is 4.63. The molecule has 0 amide bonds. The molecule has 3 saturated heterocycles. The third-order valence-corrected chi connectivity index (χ3v) is 9.79. The van der Waals surface area contributed by atoms with Crippen molar-refractivity contribution in [3.8, 4) is 0 Å². The molecule has 172 valence electrons. The minimum Gasteiger partial charge on any atom is -0.375 e. The Morgan fingerprint density at radius 1 is 0.633 bits per heavy atom. The van der Waals surface area contributed by atoms with Gasteiger partial charge in [-0.3, -0.25) is 0 Å². The van der Waals surface area contributed by atoms with E-state index < -0.39 is 0 Å². The Morgan fingerprint density at radius 2 is 1.20 bits per heavy atom. The molecule has 4 atom stereocenters. The lowest BCUT2D eigenvalue weighted by Crippen LogP contribution is -2.49. The van der Waals surface area contributed by atoms with Crippen LogP contribution in [0.3, 0.4) is 0 Å². The van der Waals surface area contributed by atoms with Gasteiger partial charge in [-0.1, -0.05) is 6.92 Å². The molecule has 6 rings (SSSR count). The quantitative estimate of drug-likeness (QED) is 0.569. The van der Waals surface area contributed by atoms with Gasteiger partial charge in [0.05, 0.1) is 32.0 Å². The fraction of sp³-hybridized carbons (Fsp3) is 1.00. The summed E-state index contributed by atoms with van der Waals surface area (Å²) in [4.78, 5) is 0. The van der Waals surface area contributed by atoms with Gasteiger partial charge in [0.15, 0.2) is 6.29 Å². The maximum Gasteiger partial charge on any atom is 0.154 e. The van der Waals surface area contributed by atoms with Gasteiger partial charge >= 0.3 is 0 Å². The molecule has 4 nitrogen and oxygen atoms in total. The summed E-state index contributed by atoms with van der Waals surface area (Å²) in [5.41, 5.74) is 1.29. The zero-order chi connectivity index (χ0) is 20.6. The summed E-state index contributed by atoms with van der Waals surface area (Å²) in [7, 11) is 0. The molecule has 0 aromatic heterocycles. The zero-order valence-corrected chi connectivity index (χ0v) is 19.4. The molecular formula is C26H44O4. The maximum atomic E-state index is 6.49. The standard InChI is InChI=1S/C26H44O4/c1-19-27-16-21(17-28-19)4-3-20-5-7-23(29-15-20)24-8-6-22(18-30-24)26-12-9-25(2,10-13-26)11-14-26/h19-24H,3-18H2,1-2H3/t19?,20?,21?,22?,23?,24-,25?,26?/m0/s1. The normalized spacial score (nSPS) is 49.8. The highest BCUT2D eigenvalue weighted by atomic mass is 16.7. The van der Waals surface area contributed by atoms with Crippen molar-refractivity contribution in [1.29, 1.82) is 0 Å². The fourth-order valence-electron chi connectivity index (χ4n) is 7.19. The highest BCUT2D eigenvalue weighted by molar-refractivity contribution is 5.01. The summed E-state index contributed by atoms with van der Waals surface area (Å²) in [6, 6.07) is 0. The van der Waals surface area contributed by atoms with Gasteiger partial charge in [-0.05, 0) is 107 Å². The largest absolute Gasteiger partial charge is 0.375 e. The second kappa shape index (κ2) is 9.00. The molecule has 4 heteroatoms. The highest BCUT2D eigenvalue weighted by Crippen LogP contribution is 2.61. The van der Waals surface area contributed by atoms with E-state index in [-0.39, 0.29) is 6.29 Å². The van der Waals surface area contributed by atoms with Gasteiger partial charge in [0.2, 0.25) is 0 Å². The van der Waals surface area contributed by atoms with Crippen LogP contribution in [0.15, 0.2) is 0 Å². The highest BCUT2D eigenvalue weighted by Gasteiger charge is 2.51. The first-order valence-corrected chi connectivity index (χ1v) is 13.0. The Bertz CT molecular complexity index is 529. The molecule has 0 N–H and O–H groups in total. The van der Waals surface area contributed by atoms with Gasteiger partial charge in [0, 0.05) is 12.5 Å². The number of hydrogen-bond donors (Lipinski definition) is 0. The molecule has 3 aliphatic heterocycles. The summed E-state index contributed by atoms with van der Waals surface area (Å²) in [6.07, 6.45) is 16.9. The van der Waals surface area contributed by atoms with Crippen molar-refractivity contribution in [2.75, 3.05) is 26.4 Å². The Morgan fingerprint density at radius 3 is 1.77 bits per heavy atom. The van der Waals surface area contributed by atoms with E-state index in [0.717, 1.165) is 32.3 Å². The van der Waals surface area contributed by atoms with Gasteiger partial charge in [0.1, 0.15) is 0 Å². The first-order chi connectivity index (χ1) is 14.5. The van der Waals surface area contributed by atoms with Crippen molar-refractivity contribution in [2.45, 2.75) is 109 Å². The predicted molar refractivity (Wildman–Crippen MR) is 117 cm³/mol.